The molecule has 210 valence electrons. The number of carbonyl (C=O) groups is 1. The van der Waals surface area contributed by atoms with Gasteiger partial charge in [0.1, 0.15) is 10.7 Å². The van der Waals surface area contributed by atoms with Crippen LogP contribution in [0.2, 0.25) is 5.02 Å². The summed E-state index contributed by atoms with van der Waals surface area (Å²) in [5.41, 5.74) is 3.89. The Hall–Kier alpha value is -3.11. The van der Waals surface area contributed by atoms with Crippen molar-refractivity contribution in [1.29, 1.82) is 0 Å². The third kappa shape index (κ3) is 5.83. The highest BCUT2D eigenvalue weighted by Crippen LogP contribution is 2.44. The molecule has 40 heavy (non-hydrogen) atoms. The first kappa shape index (κ1) is 28.4. The van der Waals surface area contributed by atoms with Crippen LogP contribution in [0.25, 0.3) is 32.0 Å². The number of nitrogens with zero attached hydrogens (tertiary/aromatic N) is 5. The van der Waals surface area contributed by atoms with E-state index in [9.17, 15) is 9.90 Å². The molecule has 2 aromatic carbocycles. The fourth-order valence-corrected chi connectivity index (χ4v) is 6.22. The lowest BCUT2D eigenvalue weighted by Gasteiger charge is -2.37. The molecule has 0 aliphatic carbocycles. The van der Waals surface area contributed by atoms with Gasteiger partial charge in [0, 0.05) is 48.0 Å². The van der Waals surface area contributed by atoms with Crippen molar-refractivity contribution in [2.45, 2.75) is 52.4 Å². The second kappa shape index (κ2) is 11.0. The van der Waals surface area contributed by atoms with E-state index < -0.39 is 17.7 Å². The minimum Gasteiger partial charge on any atom is -0.479 e. The number of aliphatic carboxylic acids is 1. The zero-order chi connectivity index (χ0) is 28.8. The van der Waals surface area contributed by atoms with Crippen LogP contribution in [0.15, 0.2) is 42.6 Å². The molecular formula is C30H34ClN5O3S. The second-order valence-electron chi connectivity index (χ2n) is 11.3. The average molecular weight is 580 g/mol. The van der Waals surface area contributed by atoms with Gasteiger partial charge in [-0.3, -0.25) is 0 Å². The summed E-state index contributed by atoms with van der Waals surface area (Å²) in [5.74, 6) is -0.352. The molecule has 5 rings (SSSR count). The van der Waals surface area contributed by atoms with Gasteiger partial charge in [0.05, 0.1) is 15.8 Å². The van der Waals surface area contributed by atoms with E-state index in [-0.39, 0.29) is 0 Å². The summed E-state index contributed by atoms with van der Waals surface area (Å²) in [6.45, 7) is 12.4. The van der Waals surface area contributed by atoms with Crippen LogP contribution in [0, 0.1) is 6.92 Å². The quantitative estimate of drug-likeness (QED) is 0.278. The van der Waals surface area contributed by atoms with Gasteiger partial charge >= 0.3 is 5.97 Å². The molecule has 1 aliphatic heterocycles. The van der Waals surface area contributed by atoms with Crippen molar-refractivity contribution < 1.29 is 14.6 Å². The summed E-state index contributed by atoms with van der Waals surface area (Å²) in [5, 5.41) is 11.6. The number of halogens is 1. The topological polar surface area (TPSA) is 91.7 Å². The Balaban J connectivity index is 1.67. The number of hydrogen-bond donors (Lipinski definition) is 1. The van der Waals surface area contributed by atoms with Crippen molar-refractivity contribution in [3.8, 4) is 21.8 Å². The van der Waals surface area contributed by atoms with Crippen molar-refractivity contribution >= 4 is 45.1 Å². The molecule has 1 aliphatic rings. The molecule has 1 saturated heterocycles. The molecule has 4 aromatic rings. The van der Waals surface area contributed by atoms with Gasteiger partial charge in [0.2, 0.25) is 5.95 Å². The highest BCUT2D eigenvalue weighted by molar-refractivity contribution is 7.22. The Labute approximate surface area is 243 Å². The third-order valence-corrected chi connectivity index (χ3v) is 8.49. The van der Waals surface area contributed by atoms with Crippen molar-refractivity contribution in [1.82, 2.24) is 19.9 Å². The molecule has 8 nitrogen and oxygen atoms in total. The average Bonchev–Trinajstić information content (AvgIpc) is 3.32. The molecule has 0 bridgehead atoms. The van der Waals surface area contributed by atoms with Crippen LogP contribution in [0.5, 0.6) is 0 Å². The Kier molecular flexibility index (Phi) is 7.85. The first-order valence-corrected chi connectivity index (χ1v) is 14.5. The number of likely N-dealkylation sites (N-methyl/N-ethyl adjacent to an activating group) is 1. The van der Waals surface area contributed by atoms with E-state index >= 15 is 0 Å². The fourth-order valence-electron chi connectivity index (χ4n) is 5.00. The van der Waals surface area contributed by atoms with Gasteiger partial charge in [-0.25, -0.2) is 19.7 Å². The molecule has 0 amide bonds. The molecule has 2 aromatic heterocycles. The standard InChI is InChI=1S/C30H34ClN5O3S/c1-17-15-22-26(24(19-7-9-20(31)10-8-19)23(17)25(28(37)38)39-30(3,4)5)40-27(33-22)21-11-12-32-29(34-21)36-14-13-35(6)18(2)16-36/h7-12,15,18,25H,13-14,16H2,1-6H3,(H,37,38)/t18-,25+/m1/s1. The fraction of sp³-hybridized carbons (Fsp3) is 0.400. The van der Waals surface area contributed by atoms with Gasteiger partial charge in [-0.15, -0.1) is 11.3 Å². The number of benzene rings is 2. The first-order valence-electron chi connectivity index (χ1n) is 13.3. The smallest absolute Gasteiger partial charge is 0.337 e. The molecule has 10 heteroatoms. The van der Waals surface area contributed by atoms with Crippen LogP contribution in [0.1, 0.15) is 44.9 Å². The van der Waals surface area contributed by atoms with Crippen molar-refractivity contribution in [3.63, 3.8) is 0 Å². The molecule has 0 saturated carbocycles. The monoisotopic (exact) mass is 579 g/mol. The van der Waals surface area contributed by atoms with Crippen molar-refractivity contribution in [2.24, 2.45) is 0 Å². The molecule has 2 atom stereocenters. The molecule has 1 N–H and O–H groups in total. The highest BCUT2D eigenvalue weighted by Gasteiger charge is 2.32. The van der Waals surface area contributed by atoms with Gasteiger partial charge in [-0.05, 0) is 77.1 Å². The second-order valence-corrected chi connectivity index (χ2v) is 12.8. The number of aromatic nitrogens is 3. The van der Waals surface area contributed by atoms with Gasteiger partial charge < -0.3 is 19.6 Å². The predicted octanol–water partition coefficient (Wildman–Crippen LogP) is 6.46. The number of carboxylic acid groups (broad SMARTS) is 1. The maximum Gasteiger partial charge on any atom is 0.337 e. The number of carboxylic acids is 1. The predicted molar refractivity (Wildman–Crippen MR) is 161 cm³/mol. The summed E-state index contributed by atoms with van der Waals surface area (Å²) < 4.78 is 6.99. The number of aryl methyl sites for hydroxylation is 1. The van der Waals surface area contributed by atoms with Crippen molar-refractivity contribution in [3.05, 3.63) is 58.7 Å². The summed E-state index contributed by atoms with van der Waals surface area (Å²) in [6, 6.07) is 11.7. The maximum atomic E-state index is 12.6. The highest BCUT2D eigenvalue weighted by atomic mass is 35.5. The zero-order valence-corrected chi connectivity index (χ0v) is 25.2. The number of hydrogen-bond acceptors (Lipinski definition) is 8. The van der Waals surface area contributed by atoms with Gasteiger partial charge in [0.15, 0.2) is 6.10 Å². The largest absolute Gasteiger partial charge is 0.479 e. The minimum absolute atomic E-state index is 0.407. The van der Waals surface area contributed by atoms with Crippen LogP contribution in [-0.4, -0.2) is 69.3 Å². The summed E-state index contributed by atoms with van der Waals surface area (Å²) in [7, 11) is 2.14. The summed E-state index contributed by atoms with van der Waals surface area (Å²) >= 11 is 7.71. The van der Waals surface area contributed by atoms with E-state index in [1.165, 1.54) is 11.3 Å². The lowest BCUT2D eigenvalue weighted by Crippen LogP contribution is -2.50. The zero-order valence-electron chi connectivity index (χ0n) is 23.6. The third-order valence-electron chi connectivity index (χ3n) is 7.12. The number of thiazole rings is 1. The lowest BCUT2D eigenvalue weighted by atomic mass is 9.91. The lowest BCUT2D eigenvalue weighted by molar-refractivity contribution is -0.160. The van der Waals surface area contributed by atoms with Crippen LogP contribution < -0.4 is 4.90 Å². The maximum absolute atomic E-state index is 12.6. The molecule has 1 fully saturated rings. The Morgan fingerprint density at radius 1 is 1.18 bits per heavy atom. The summed E-state index contributed by atoms with van der Waals surface area (Å²) in [4.78, 5) is 31.6. The van der Waals surface area contributed by atoms with E-state index in [2.05, 4.69) is 28.8 Å². The van der Waals surface area contributed by atoms with Gasteiger partial charge in [0.25, 0.3) is 0 Å². The number of piperazine rings is 1. The van der Waals surface area contributed by atoms with Crippen LogP contribution in [0.3, 0.4) is 0 Å². The van der Waals surface area contributed by atoms with E-state index in [0.717, 1.165) is 57.2 Å². The SMILES string of the molecule is Cc1cc2nc(-c3ccnc(N4CCN(C)[C@H](C)C4)n3)sc2c(-c2ccc(Cl)cc2)c1[C@H](OC(C)(C)C)C(=O)O. The van der Waals surface area contributed by atoms with E-state index in [1.54, 1.807) is 6.20 Å². The number of anilines is 1. The number of rotatable bonds is 6. The number of fused-ring (bicyclic) bond motifs is 1. The molecular weight excluding hydrogens is 546 g/mol. The van der Waals surface area contributed by atoms with E-state index in [1.807, 2.05) is 64.1 Å². The normalized spacial score (nSPS) is 17.4. The molecule has 0 radical (unpaired) electrons. The van der Waals surface area contributed by atoms with Crippen LogP contribution in [-0.2, 0) is 9.53 Å². The molecule has 0 unspecified atom stereocenters. The Bertz CT molecular complexity index is 1550. The van der Waals surface area contributed by atoms with Crippen LogP contribution in [0.4, 0.5) is 5.95 Å². The van der Waals surface area contributed by atoms with Crippen LogP contribution >= 0.6 is 22.9 Å². The minimum atomic E-state index is -1.16. The van der Waals surface area contributed by atoms with E-state index in [4.69, 9.17) is 26.3 Å². The van der Waals surface area contributed by atoms with Crippen molar-refractivity contribution in [2.75, 3.05) is 31.6 Å². The van der Waals surface area contributed by atoms with Gasteiger partial charge in [-0.1, -0.05) is 23.7 Å². The summed E-state index contributed by atoms with van der Waals surface area (Å²) in [6.07, 6.45) is 0.617. The van der Waals surface area contributed by atoms with E-state index in [0.29, 0.717) is 22.6 Å². The first-order chi connectivity index (χ1) is 18.9. The van der Waals surface area contributed by atoms with Gasteiger partial charge in [-0.2, -0.15) is 0 Å². The Morgan fingerprint density at radius 2 is 1.90 bits per heavy atom. The molecule has 0 spiro atoms. The molecule has 3 heterocycles. The Morgan fingerprint density at radius 3 is 2.55 bits per heavy atom. The number of ether oxygens (including phenoxy) is 1.